The van der Waals surface area contributed by atoms with Crippen LogP contribution in [0.3, 0.4) is 0 Å². The summed E-state index contributed by atoms with van der Waals surface area (Å²) in [5.74, 6) is -0.452. The van der Waals surface area contributed by atoms with Crippen LogP contribution in [0.15, 0.2) is 18.2 Å². The van der Waals surface area contributed by atoms with E-state index in [4.69, 9.17) is 0 Å². The Morgan fingerprint density at radius 1 is 1.27 bits per heavy atom. The molecule has 0 aliphatic heterocycles. The molecule has 11 heavy (non-hydrogen) atoms. The molecule has 0 spiro atoms. The Balaban J connectivity index is 2.90. The fourth-order valence-corrected chi connectivity index (χ4v) is 1.09. The third-order valence-corrected chi connectivity index (χ3v) is 1.62. The molecule has 0 N–H and O–H groups in total. The van der Waals surface area contributed by atoms with Crippen LogP contribution >= 0.6 is 12.6 Å². The van der Waals surface area contributed by atoms with E-state index in [2.05, 4.69) is 12.6 Å². The van der Waals surface area contributed by atoms with Gasteiger partial charge in [-0.15, -0.1) is 0 Å². The number of aryl methyl sites for hydroxylation is 1. The molecule has 1 aromatic carbocycles. The smallest absolute Gasteiger partial charge is 0.129 e. The molecule has 0 fully saturated rings. The Bertz CT molecular complexity index is 248. The highest BCUT2D eigenvalue weighted by Gasteiger charge is 2.01. The lowest BCUT2D eigenvalue weighted by Crippen LogP contribution is -1.92. The van der Waals surface area contributed by atoms with E-state index in [0.29, 0.717) is 17.7 Å². The highest BCUT2D eigenvalue weighted by molar-refractivity contribution is 7.80. The molecule has 0 saturated carbocycles. The van der Waals surface area contributed by atoms with Crippen LogP contribution in [0.1, 0.15) is 5.56 Å². The van der Waals surface area contributed by atoms with E-state index in [1.54, 1.807) is 0 Å². The van der Waals surface area contributed by atoms with Gasteiger partial charge in [0.25, 0.3) is 0 Å². The third-order valence-electron chi connectivity index (χ3n) is 1.40. The summed E-state index contributed by atoms with van der Waals surface area (Å²) in [5.41, 5.74) is 0.515. The van der Waals surface area contributed by atoms with Crippen molar-refractivity contribution in [3.05, 3.63) is 35.4 Å². The lowest BCUT2D eigenvalue weighted by atomic mass is 10.1. The average Bonchev–Trinajstić information content (AvgIpc) is 1.95. The summed E-state index contributed by atoms with van der Waals surface area (Å²) in [6.45, 7) is 0. The second-order valence-corrected chi connectivity index (χ2v) is 2.66. The number of hydrogen-bond donors (Lipinski definition) is 1. The molecular weight excluding hydrogens is 166 g/mol. The summed E-state index contributed by atoms with van der Waals surface area (Å²) in [4.78, 5) is 0. The lowest BCUT2D eigenvalue weighted by Gasteiger charge is -1.99. The normalized spacial score (nSPS) is 10.1. The molecule has 0 aromatic heterocycles. The van der Waals surface area contributed by atoms with Gasteiger partial charge in [-0.05, 0) is 23.8 Å². The van der Waals surface area contributed by atoms with Gasteiger partial charge in [-0.25, -0.2) is 8.78 Å². The molecule has 0 heterocycles. The van der Waals surface area contributed by atoms with Crippen LogP contribution in [0.2, 0.25) is 0 Å². The van der Waals surface area contributed by atoms with Crippen molar-refractivity contribution in [1.29, 1.82) is 0 Å². The van der Waals surface area contributed by atoms with Crippen LogP contribution in [0.25, 0.3) is 0 Å². The molecule has 0 bridgehead atoms. The summed E-state index contributed by atoms with van der Waals surface area (Å²) in [6.07, 6.45) is 0.537. The van der Waals surface area contributed by atoms with Crippen molar-refractivity contribution in [2.24, 2.45) is 0 Å². The van der Waals surface area contributed by atoms with Crippen molar-refractivity contribution < 1.29 is 8.78 Å². The lowest BCUT2D eigenvalue weighted by molar-refractivity contribution is 0.574. The summed E-state index contributed by atoms with van der Waals surface area (Å²) >= 11 is 3.94. The van der Waals surface area contributed by atoms with Crippen LogP contribution in [-0.2, 0) is 6.42 Å². The number of hydrogen-bond acceptors (Lipinski definition) is 1. The van der Waals surface area contributed by atoms with E-state index in [-0.39, 0.29) is 0 Å². The minimum atomic E-state index is -0.537. The predicted molar refractivity (Wildman–Crippen MR) is 43.9 cm³/mol. The van der Waals surface area contributed by atoms with Gasteiger partial charge in [0, 0.05) is 6.07 Å². The van der Waals surface area contributed by atoms with Crippen molar-refractivity contribution in [3.63, 3.8) is 0 Å². The molecule has 3 heteroatoms. The first-order chi connectivity index (χ1) is 5.24. The van der Waals surface area contributed by atoms with E-state index < -0.39 is 11.6 Å². The minimum absolute atomic E-state index is 0.487. The molecule has 0 aliphatic rings. The second-order valence-electron chi connectivity index (χ2n) is 2.21. The summed E-state index contributed by atoms with van der Waals surface area (Å²) in [7, 11) is 0. The molecular formula is C8H8F2S. The standard InChI is InChI=1S/C8H8F2S/c9-7-2-1-6(3-4-11)8(10)5-7/h1-2,5,11H,3-4H2. The van der Waals surface area contributed by atoms with Crippen LogP contribution in [0.4, 0.5) is 8.78 Å². The van der Waals surface area contributed by atoms with Gasteiger partial charge in [0.15, 0.2) is 0 Å². The Kier molecular flexibility index (Phi) is 2.88. The SMILES string of the molecule is Fc1ccc(CCS)c(F)c1. The Hall–Kier alpha value is -0.570. The predicted octanol–water partition coefficient (Wildman–Crippen LogP) is 2.44. The Labute approximate surface area is 69.6 Å². The largest absolute Gasteiger partial charge is 0.207 e. The van der Waals surface area contributed by atoms with Crippen LogP contribution < -0.4 is 0 Å². The van der Waals surface area contributed by atoms with Crippen LogP contribution in [0, 0.1) is 11.6 Å². The number of halogens is 2. The molecule has 0 nitrogen and oxygen atoms in total. The average molecular weight is 174 g/mol. The van der Waals surface area contributed by atoms with Gasteiger partial charge in [0.05, 0.1) is 0 Å². The zero-order chi connectivity index (χ0) is 8.27. The van der Waals surface area contributed by atoms with Crippen molar-refractivity contribution in [3.8, 4) is 0 Å². The first kappa shape index (κ1) is 8.53. The quantitative estimate of drug-likeness (QED) is 0.654. The molecule has 0 amide bonds. The van der Waals surface area contributed by atoms with E-state index in [0.717, 1.165) is 6.07 Å². The topological polar surface area (TPSA) is 0 Å². The van der Waals surface area contributed by atoms with Gasteiger partial charge in [0.2, 0.25) is 0 Å². The van der Waals surface area contributed by atoms with Crippen molar-refractivity contribution in [2.75, 3.05) is 5.75 Å². The van der Waals surface area contributed by atoms with Gasteiger partial charge < -0.3 is 0 Å². The van der Waals surface area contributed by atoms with Gasteiger partial charge in [-0.1, -0.05) is 6.07 Å². The van der Waals surface area contributed by atoms with Crippen LogP contribution in [-0.4, -0.2) is 5.75 Å². The second kappa shape index (κ2) is 3.72. The van der Waals surface area contributed by atoms with Crippen LogP contribution in [0.5, 0.6) is 0 Å². The first-order valence-electron chi connectivity index (χ1n) is 3.29. The third kappa shape index (κ3) is 2.19. The summed E-state index contributed by atoms with van der Waals surface area (Å²) < 4.78 is 25.1. The minimum Gasteiger partial charge on any atom is -0.207 e. The van der Waals surface area contributed by atoms with Gasteiger partial charge in [-0.3, -0.25) is 0 Å². The number of rotatable bonds is 2. The summed E-state index contributed by atoms with van der Waals surface area (Å²) in [6, 6.07) is 3.58. The molecule has 60 valence electrons. The van der Waals surface area contributed by atoms with E-state index in [9.17, 15) is 8.78 Å². The molecule has 0 aliphatic carbocycles. The molecule has 1 rings (SSSR count). The van der Waals surface area contributed by atoms with Crippen molar-refractivity contribution in [2.45, 2.75) is 6.42 Å². The van der Waals surface area contributed by atoms with Crippen molar-refractivity contribution >= 4 is 12.6 Å². The molecule has 0 atom stereocenters. The van der Waals surface area contributed by atoms with Gasteiger partial charge >= 0.3 is 0 Å². The number of benzene rings is 1. The fourth-order valence-electron chi connectivity index (χ4n) is 0.845. The fraction of sp³-hybridized carbons (Fsp3) is 0.250. The Morgan fingerprint density at radius 3 is 2.55 bits per heavy atom. The Morgan fingerprint density at radius 2 is 2.00 bits per heavy atom. The molecule has 0 unspecified atom stereocenters. The molecule has 0 radical (unpaired) electrons. The van der Waals surface area contributed by atoms with Gasteiger partial charge in [-0.2, -0.15) is 12.6 Å². The van der Waals surface area contributed by atoms with E-state index >= 15 is 0 Å². The number of thiol groups is 1. The molecule has 0 saturated heterocycles. The maximum atomic E-state index is 12.8. The van der Waals surface area contributed by atoms with E-state index in [1.165, 1.54) is 12.1 Å². The van der Waals surface area contributed by atoms with Crippen molar-refractivity contribution in [1.82, 2.24) is 0 Å². The van der Waals surface area contributed by atoms with Gasteiger partial charge in [0.1, 0.15) is 11.6 Å². The zero-order valence-corrected chi connectivity index (χ0v) is 6.74. The maximum absolute atomic E-state index is 12.8. The van der Waals surface area contributed by atoms with E-state index in [1.807, 2.05) is 0 Å². The summed E-state index contributed by atoms with van der Waals surface area (Å²) in [5, 5.41) is 0. The maximum Gasteiger partial charge on any atom is 0.129 e. The highest BCUT2D eigenvalue weighted by atomic mass is 32.1. The highest BCUT2D eigenvalue weighted by Crippen LogP contribution is 2.10. The monoisotopic (exact) mass is 174 g/mol. The molecule has 1 aromatic rings. The first-order valence-corrected chi connectivity index (χ1v) is 3.92. The zero-order valence-electron chi connectivity index (χ0n) is 5.85.